The zero-order valence-corrected chi connectivity index (χ0v) is 19.9. The summed E-state index contributed by atoms with van der Waals surface area (Å²) in [5, 5.41) is 0. The molecule has 0 aromatic heterocycles. The van der Waals surface area contributed by atoms with E-state index in [1.54, 1.807) is 25.7 Å². The van der Waals surface area contributed by atoms with Crippen molar-refractivity contribution in [3.63, 3.8) is 0 Å². The van der Waals surface area contributed by atoms with Gasteiger partial charge in [0.15, 0.2) is 0 Å². The van der Waals surface area contributed by atoms with Crippen LogP contribution in [0.2, 0.25) is 0 Å². The molecule has 0 nitrogen and oxygen atoms in total. The van der Waals surface area contributed by atoms with E-state index in [4.69, 9.17) is 0 Å². The fourth-order valence-corrected chi connectivity index (χ4v) is 7.40. The van der Waals surface area contributed by atoms with Gasteiger partial charge in [-0.3, -0.25) is 0 Å². The lowest BCUT2D eigenvalue weighted by Gasteiger charge is -2.40. The van der Waals surface area contributed by atoms with Gasteiger partial charge in [0.2, 0.25) is 0 Å². The van der Waals surface area contributed by atoms with Gasteiger partial charge in [-0.1, -0.05) is 31.6 Å². The summed E-state index contributed by atoms with van der Waals surface area (Å²) in [7, 11) is 0. The maximum atomic E-state index is 3.73. The fourth-order valence-electron chi connectivity index (χ4n) is 7.40. The first-order valence-electron chi connectivity index (χ1n) is 13.6. The van der Waals surface area contributed by atoms with E-state index in [9.17, 15) is 0 Å². The van der Waals surface area contributed by atoms with Crippen LogP contribution in [0, 0.1) is 71.0 Å². The Bertz CT molecular complexity index is 619. The SMILES string of the molecule is CC#CC1CCC(C#CC2CCC(C3CCC(C4CCC(C)CC4)CC3)CC2)CC1. The molecular formula is C30H46. The van der Waals surface area contributed by atoms with Crippen LogP contribution in [-0.4, -0.2) is 0 Å². The zero-order chi connectivity index (χ0) is 20.8. The van der Waals surface area contributed by atoms with Crippen molar-refractivity contribution >= 4 is 0 Å². The molecule has 0 radical (unpaired) electrons. The van der Waals surface area contributed by atoms with E-state index in [0.717, 1.165) is 29.6 Å². The average molecular weight is 407 g/mol. The third-order valence-electron chi connectivity index (χ3n) is 9.55. The van der Waals surface area contributed by atoms with Crippen LogP contribution < -0.4 is 0 Å². The van der Waals surface area contributed by atoms with Gasteiger partial charge in [-0.25, -0.2) is 0 Å². The van der Waals surface area contributed by atoms with Gasteiger partial charge < -0.3 is 0 Å². The number of hydrogen-bond donors (Lipinski definition) is 0. The first kappa shape index (κ1) is 22.3. The maximum absolute atomic E-state index is 3.73. The van der Waals surface area contributed by atoms with E-state index in [-0.39, 0.29) is 0 Å². The van der Waals surface area contributed by atoms with Crippen LogP contribution >= 0.6 is 0 Å². The van der Waals surface area contributed by atoms with Crippen LogP contribution in [-0.2, 0) is 0 Å². The van der Waals surface area contributed by atoms with E-state index in [0.29, 0.717) is 17.8 Å². The molecule has 0 aromatic carbocycles. The lowest BCUT2D eigenvalue weighted by atomic mass is 9.65. The standard InChI is InChI=1S/C30H46/c1-3-4-24-7-9-25(10-8-24)11-12-26-13-17-28(18-14-26)30-21-19-29(20-22-30)27-15-5-23(2)6-16-27/h23-30H,5-10,13-22H2,1-2H3. The molecule has 166 valence electrons. The molecule has 4 rings (SSSR count). The largest absolute Gasteiger partial charge is 0.106 e. The molecule has 0 N–H and O–H groups in total. The second kappa shape index (κ2) is 11.1. The Hall–Kier alpha value is -0.880. The third kappa shape index (κ3) is 6.09. The lowest BCUT2D eigenvalue weighted by Crippen LogP contribution is -2.29. The Balaban J connectivity index is 1.15. The molecule has 4 aliphatic carbocycles. The van der Waals surface area contributed by atoms with Crippen LogP contribution in [0.5, 0.6) is 0 Å². The maximum Gasteiger partial charge on any atom is 0.0203 e. The average Bonchev–Trinajstić information content (AvgIpc) is 2.80. The van der Waals surface area contributed by atoms with Gasteiger partial charge in [0.1, 0.15) is 0 Å². The first-order chi connectivity index (χ1) is 14.7. The van der Waals surface area contributed by atoms with Crippen LogP contribution in [0.4, 0.5) is 0 Å². The summed E-state index contributed by atoms with van der Waals surface area (Å²) in [5.74, 6) is 21.2. The fraction of sp³-hybridized carbons (Fsp3) is 0.867. The summed E-state index contributed by atoms with van der Waals surface area (Å²) in [5.41, 5.74) is 0. The van der Waals surface area contributed by atoms with Crippen LogP contribution in [0.25, 0.3) is 0 Å². The van der Waals surface area contributed by atoms with E-state index >= 15 is 0 Å². The van der Waals surface area contributed by atoms with Gasteiger partial charge in [-0.2, -0.15) is 0 Å². The lowest BCUT2D eigenvalue weighted by molar-refractivity contribution is 0.111. The Morgan fingerprint density at radius 3 is 1.10 bits per heavy atom. The van der Waals surface area contributed by atoms with Gasteiger partial charge >= 0.3 is 0 Å². The summed E-state index contributed by atoms with van der Waals surface area (Å²) < 4.78 is 0. The van der Waals surface area contributed by atoms with Crippen molar-refractivity contribution in [1.82, 2.24) is 0 Å². The van der Waals surface area contributed by atoms with Crippen molar-refractivity contribution in [1.29, 1.82) is 0 Å². The van der Waals surface area contributed by atoms with Crippen molar-refractivity contribution in [2.45, 2.75) is 117 Å². The quantitative estimate of drug-likeness (QED) is 0.405. The molecule has 0 bridgehead atoms. The molecule has 4 fully saturated rings. The Kier molecular flexibility index (Phi) is 8.28. The third-order valence-corrected chi connectivity index (χ3v) is 9.55. The molecule has 0 aliphatic heterocycles. The van der Waals surface area contributed by atoms with Gasteiger partial charge in [0, 0.05) is 17.8 Å². The highest BCUT2D eigenvalue weighted by molar-refractivity contribution is 5.11. The Morgan fingerprint density at radius 1 is 0.400 bits per heavy atom. The van der Waals surface area contributed by atoms with Gasteiger partial charge in [0.05, 0.1) is 0 Å². The molecule has 4 aliphatic rings. The van der Waals surface area contributed by atoms with E-state index in [1.807, 2.05) is 6.92 Å². The zero-order valence-electron chi connectivity index (χ0n) is 19.9. The minimum Gasteiger partial charge on any atom is -0.106 e. The molecule has 0 atom stereocenters. The van der Waals surface area contributed by atoms with E-state index in [2.05, 4.69) is 30.6 Å². The summed E-state index contributed by atoms with van der Waals surface area (Å²) in [6, 6.07) is 0. The smallest absolute Gasteiger partial charge is 0.0203 e. The molecule has 30 heavy (non-hydrogen) atoms. The van der Waals surface area contributed by atoms with Gasteiger partial charge in [-0.05, 0) is 126 Å². The van der Waals surface area contributed by atoms with Crippen molar-refractivity contribution in [3.8, 4) is 23.7 Å². The first-order valence-corrected chi connectivity index (χ1v) is 13.6. The summed E-state index contributed by atoms with van der Waals surface area (Å²) in [6.45, 7) is 4.44. The molecule has 0 amide bonds. The van der Waals surface area contributed by atoms with Crippen molar-refractivity contribution in [2.24, 2.45) is 47.3 Å². The molecule has 0 unspecified atom stereocenters. The highest BCUT2D eigenvalue weighted by Gasteiger charge is 2.34. The predicted molar refractivity (Wildman–Crippen MR) is 129 cm³/mol. The van der Waals surface area contributed by atoms with Crippen molar-refractivity contribution in [2.75, 3.05) is 0 Å². The number of rotatable bonds is 2. The summed E-state index contributed by atoms with van der Waals surface area (Å²) in [6.07, 6.45) is 23.1. The molecule has 4 saturated carbocycles. The molecule has 0 spiro atoms. The van der Waals surface area contributed by atoms with Crippen LogP contribution in [0.1, 0.15) is 117 Å². The highest BCUT2D eigenvalue weighted by Crippen LogP contribution is 2.45. The molecule has 0 aromatic rings. The minimum atomic E-state index is 0.653. The predicted octanol–water partition coefficient (Wildman–Crippen LogP) is 8.26. The monoisotopic (exact) mass is 406 g/mol. The van der Waals surface area contributed by atoms with Crippen LogP contribution in [0.3, 0.4) is 0 Å². The minimum absolute atomic E-state index is 0.653. The van der Waals surface area contributed by atoms with Gasteiger partial charge in [0.25, 0.3) is 0 Å². The molecule has 0 heteroatoms. The van der Waals surface area contributed by atoms with Crippen molar-refractivity contribution in [3.05, 3.63) is 0 Å². The Labute approximate surface area is 187 Å². The Morgan fingerprint density at radius 2 is 0.700 bits per heavy atom. The molecule has 0 saturated heterocycles. The topological polar surface area (TPSA) is 0 Å². The number of hydrogen-bond acceptors (Lipinski definition) is 0. The molecular weight excluding hydrogens is 360 g/mol. The van der Waals surface area contributed by atoms with E-state index < -0.39 is 0 Å². The normalized spacial score (nSPS) is 42.3. The summed E-state index contributed by atoms with van der Waals surface area (Å²) in [4.78, 5) is 0. The summed E-state index contributed by atoms with van der Waals surface area (Å²) >= 11 is 0. The second-order valence-electron chi connectivity index (χ2n) is 11.5. The van der Waals surface area contributed by atoms with E-state index in [1.165, 1.54) is 77.0 Å². The second-order valence-corrected chi connectivity index (χ2v) is 11.5. The highest BCUT2D eigenvalue weighted by atomic mass is 14.4. The molecule has 0 heterocycles. The van der Waals surface area contributed by atoms with Crippen molar-refractivity contribution < 1.29 is 0 Å². The van der Waals surface area contributed by atoms with Gasteiger partial charge in [-0.15, -0.1) is 11.8 Å². The van der Waals surface area contributed by atoms with Crippen LogP contribution in [0.15, 0.2) is 0 Å².